The van der Waals surface area contributed by atoms with Crippen LogP contribution in [-0.4, -0.2) is 14.5 Å². The third-order valence-electron chi connectivity index (χ3n) is 3.96. The molecule has 3 N–H and O–H groups in total. The second-order valence-electron chi connectivity index (χ2n) is 5.47. The van der Waals surface area contributed by atoms with Crippen molar-refractivity contribution in [2.75, 3.05) is 5.73 Å². The third kappa shape index (κ3) is 3.45. The van der Waals surface area contributed by atoms with Crippen LogP contribution in [-0.2, 0) is 10.0 Å². The van der Waals surface area contributed by atoms with Crippen LogP contribution in [0.25, 0.3) is 0 Å². The van der Waals surface area contributed by atoms with Crippen molar-refractivity contribution in [2.45, 2.75) is 50.0 Å². The summed E-state index contributed by atoms with van der Waals surface area (Å²) in [4.78, 5) is -0.00988. The van der Waals surface area contributed by atoms with Crippen LogP contribution in [0.2, 0.25) is 5.02 Å². The first-order valence-corrected chi connectivity index (χ1v) is 8.84. The molecular formula is C14H21ClN2O2S. The van der Waals surface area contributed by atoms with E-state index in [0.29, 0.717) is 5.92 Å². The van der Waals surface area contributed by atoms with Gasteiger partial charge >= 0.3 is 0 Å². The van der Waals surface area contributed by atoms with Gasteiger partial charge in [-0.15, -0.1) is 0 Å². The molecule has 2 rings (SSSR count). The molecule has 0 saturated heterocycles. The normalized spacial score (nSPS) is 18.9. The molecule has 0 bridgehead atoms. The molecule has 6 heteroatoms. The van der Waals surface area contributed by atoms with E-state index in [1.807, 2.05) is 6.92 Å². The fourth-order valence-electron chi connectivity index (χ4n) is 2.84. The van der Waals surface area contributed by atoms with E-state index in [4.69, 9.17) is 17.3 Å². The minimum atomic E-state index is -3.68. The Kier molecular flexibility index (Phi) is 4.94. The largest absolute Gasteiger partial charge is 0.398 e. The number of halogens is 1. The molecule has 4 nitrogen and oxygen atoms in total. The summed E-state index contributed by atoms with van der Waals surface area (Å²) in [7, 11) is -3.68. The van der Waals surface area contributed by atoms with Crippen molar-refractivity contribution in [3.05, 3.63) is 23.2 Å². The van der Waals surface area contributed by atoms with Crippen molar-refractivity contribution in [2.24, 2.45) is 5.92 Å². The minimum Gasteiger partial charge on any atom is -0.398 e. The maximum atomic E-state index is 12.5. The van der Waals surface area contributed by atoms with E-state index < -0.39 is 10.0 Å². The summed E-state index contributed by atoms with van der Waals surface area (Å²) in [5, 5.41) is 0.161. The predicted molar refractivity (Wildman–Crippen MR) is 82.2 cm³/mol. The Balaban J connectivity index is 2.18. The quantitative estimate of drug-likeness (QED) is 0.838. The number of nitrogens with two attached hydrogens (primary N) is 1. The van der Waals surface area contributed by atoms with Crippen LogP contribution in [0.3, 0.4) is 0 Å². The van der Waals surface area contributed by atoms with Crippen LogP contribution in [0.15, 0.2) is 23.1 Å². The van der Waals surface area contributed by atoms with Crippen LogP contribution >= 0.6 is 11.6 Å². The number of hydrogen-bond acceptors (Lipinski definition) is 3. The zero-order valence-corrected chi connectivity index (χ0v) is 13.2. The SMILES string of the molecule is CC(NS(=O)(=O)c1c(N)cccc1Cl)C1CCCCC1. The number of hydrogen-bond donors (Lipinski definition) is 2. The van der Waals surface area contributed by atoms with Crippen molar-refractivity contribution < 1.29 is 8.42 Å². The molecule has 1 aromatic rings. The summed E-state index contributed by atoms with van der Waals surface area (Å²) in [6, 6.07) is 4.63. The lowest BCUT2D eigenvalue weighted by Crippen LogP contribution is -2.39. The van der Waals surface area contributed by atoms with E-state index in [1.54, 1.807) is 12.1 Å². The van der Waals surface area contributed by atoms with E-state index >= 15 is 0 Å². The minimum absolute atomic E-state index is 0.00988. The summed E-state index contributed by atoms with van der Waals surface area (Å²) in [5.74, 6) is 0.391. The second kappa shape index (κ2) is 6.33. The molecule has 0 aromatic heterocycles. The van der Waals surface area contributed by atoms with Crippen molar-refractivity contribution in [3.8, 4) is 0 Å². The number of rotatable bonds is 4. The molecule has 0 amide bonds. The van der Waals surface area contributed by atoms with Crippen molar-refractivity contribution in [1.82, 2.24) is 4.72 Å². The van der Waals surface area contributed by atoms with E-state index in [1.165, 1.54) is 25.3 Å². The highest BCUT2D eigenvalue weighted by Gasteiger charge is 2.27. The average Bonchev–Trinajstić information content (AvgIpc) is 2.38. The van der Waals surface area contributed by atoms with Gasteiger partial charge in [-0.25, -0.2) is 13.1 Å². The fourth-order valence-corrected chi connectivity index (χ4v) is 4.83. The van der Waals surface area contributed by atoms with Gasteiger partial charge in [0, 0.05) is 6.04 Å². The van der Waals surface area contributed by atoms with E-state index in [9.17, 15) is 8.42 Å². The van der Waals surface area contributed by atoms with Gasteiger partial charge in [0.2, 0.25) is 10.0 Å². The summed E-state index contributed by atoms with van der Waals surface area (Å²) >= 11 is 5.98. The number of benzene rings is 1. The molecule has 1 unspecified atom stereocenters. The average molecular weight is 317 g/mol. The first-order chi connectivity index (χ1) is 9.42. The molecule has 0 heterocycles. The monoisotopic (exact) mass is 316 g/mol. The second-order valence-corrected chi connectivity index (χ2v) is 7.52. The first-order valence-electron chi connectivity index (χ1n) is 6.98. The molecule has 1 aromatic carbocycles. The lowest BCUT2D eigenvalue weighted by Gasteiger charge is -2.28. The lowest BCUT2D eigenvalue weighted by atomic mass is 9.85. The molecule has 1 atom stereocenters. The smallest absolute Gasteiger partial charge is 0.244 e. The van der Waals surface area contributed by atoms with Gasteiger partial charge in [-0.2, -0.15) is 0 Å². The van der Waals surface area contributed by atoms with Gasteiger partial charge in [0.1, 0.15) is 4.90 Å². The van der Waals surface area contributed by atoms with Crippen molar-refractivity contribution >= 4 is 27.3 Å². The highest BCUT2D eigenvalue weighted by molar-refractivity contribution is 7.89. The van der Waals surface area contributed by atoms with Crippen molar-refractivity contribution in [3.63, 3.8) is 0 Å². The van der Waals surface area contributed by atoms with Crippen LogP contribution in [0.1, 0.15) is 39.0 Å². The van der Waals surface area contributed by atoms with Gasteiger partial charge in [-0.05, 0) is 37.8 Å². The molecule has 0 aliphatic heterocycles. The standard InChI is InChI=1S/C14H21ClN2O2S/c1-10(11-6-3-2-4-7-11)17-20(18,19)14-12(15)8-5-9-13(14)16/h5,8-11,17H,2-4,6-7,16H2,1H3. The van der Waals surface area contributed by atoms with Gasteiger partial charge in [0.25, 0.3) is 0 Å². The van der Waals surface area contributed by atoms with Gasteiger partial charge in [-0.1, -0.05) is 36.9 Å². The zero-order valence-electron chi connectivity index (χ0n) is 11.6. The van der Waals surface area contributed by atoms with Gasteiger partial charge < -0.3 is 5.73 Å². The molecule has 1 fully saturated rings. The number of nitrogen functional groups attached to an aromatic ring is 1. The fraction of sp³-hybridized carbons (Fsp3) is 0.571. The summed E-state index contributed by atoms with van der Waals surface area (Å²) in [6.45, 7) is 1.92. The number of nitrogens with one attached hydrogen (secondary N) is 1. The van der Waals surface area contributed by atoms with Gasteiger partial charge in [0.15, 0.2) is 0 Å². The molecule has 0 spiro atoms. The first kappa shape index (κ1) is 15.6. The van der Waals surface area contributed by atoms with Crippen LogP contribution < -0.4 is 10.5 Å². The highest BCUT2D eigenvalue weighted by atomic mass is 35.5. The molecule has 1 aliphatic carbocycles. The Labute approximate surface area is 125 Å². The molecule has 1 aliphatic rings. The topological polar surface area (TPSA) is 72.2 Å². The summed E-state index contributed by atoms with van der Waals surface area (Å²) in [6.07, 6.45) is 5.73. The molecular weight excluding hydrogens is 296 g/mol. The van der Waals surface area contributed by atoms with Crippen molar-refractivity contribution in [1.29, 1.82) is 0 Å². The Morgan fingerprint density at radius 1 is 1.30 bits per heavy atom. The number of sulfonamides is 1. The Morgan fingerprint density at radius 2 is 1.95 bits per heavy atom. The van der Waals surface area contributed by atoms with E-state index in [0.717, 1.165) is 12.8 Å². The summed E-state index contributed by atoms with van der Waals surface area (Å²) < 4.78 is 27.6. The summed E-state index contributed by atoms with van der Waals surface area (Å²) in [5.41, 5.74) is 5.94. The molecule has 1 saturated carbocycles. The van der Waals surface area contributed by atoms with E-state index in [2.05, 4.69) is 4.72 Å². The predicted octanol–water partition coefficient (Wildman–Crippen LogP) is 3.17. The molecule has 20 heavy (non-hydrogen) atoms. The van der Waals surface area contributed by atoms with Gasteiger partial charge in [-0.3, -0.25) is 0 Å². The molecule has 112 valence electrons. The maximum Gasteiger partial charge on any atom is 0.244 e. The highest BCUT2D eigenvalue weighted by Crippen LogP contribution is 2.30. The lowest BCUT2D eigenvalue weighted by molar-refractivity contribution is 0.303. The Morgan fingerprint density at radius 3 is 2.55 bits per heavy atom. The third-order valence-corrected chi connectivity index (χ3v) is 6.07. The zero-order chi connectivity index (χ0) is 14.8. The Hall–Kier alpha value is -0.780. The molecule has 0 radical (unpaired) electrons. The van der Waals surface area contributed by atoms with Crippen LogP contribution in [0, 0.1) is 5.92 Å². The van der Waals surface area contributed by atoms with Crippen LogP contribution in [0.4, 0.5) is 5.69 Å². The maximum absolute atomic E-state index is 12.5. The Bertz CT molecular complexity index is 548. The van der Waals surface area contributed by atoms with Crippen LogP contribution in [0.5, 0.6) is 0 Å². The number of anilines is 1. The van der Waals surface area contributed by atoms with Gasteiger partial charge in [0.05, 0.1) is 10.7 Å². The van der Waals surface area contributed by atoms with E-state index in [-0.39, 0.29) is 21.6 Å².